The summed E-state index contributed by atoms with van der Waals surface area (Å²) in [4.78, 5) is 14.0. The van der Waals surface area contributed by atoms with Crippen LogP contribution < -0.4 is 5.73 Å². The number of hydrogen-bond acceptors (Lipinski definition) is 3. The van der Waals surface area contributed by atoms with E-state index in [9.17, 15) is 4.79 Å². The maximum Gasteiger partial charge on any atom is 0.224 e. The Morgan fingerprint density at radius 1 is 1.50 bits per heavy atom. The number of rotatable bonds is 5. The van der Waals surface area contributed by atoms with Crippen LogP contribution in [0.2, 0.25) is 0 Å². The van der Waals surface area contributed by atoms with Crippen LogP contribution in [0.4, 0.5) is 0 Å². The lowest BCUT2D eigenvalue weighted by Gasteiger charge is -2.24. The van der Waals surface area contributed by atoms with Gasteiger partial charge in [-0.25, -0.2) is 0 Å². The van der Waals surface area contributed by atoms with Crippen molar-refractivity contribution in [3.63, 3.8) is 0 Å². The molecule has 106 valence electrons. The fourth-order valence-corrected chi connectivity index (χ4v) is 2.64. The molecule has 18 heavy (non-hydrogen) atoms. The number of carbonyl (C=O) groups is 1. The molecule has 0 aliphatic carbocycles. The molecule has 0 aromatic heterocycles. The van der Waals surface area contributed by atoms with Crippen molar-refractivity contribution in [3.05, 3.63) is 0 Å². The molecule has 1 heterocycles. The Bertz CT molecular complexity index is 273. The standard InChI is InChI=1S/C14H28N2O2/c1-14(2,3)8-12(15)7-13(17)16-6-5-11(9-16)10-18-4/h11-12H,5-10,15H2,1-4H3. The summed E-state index contributed by atoms with van der Waals surface area (Å²) in [5.41, 5.74) is 6.23. The normalized spacial score (nSPS) is 22.3. The number of methoxy groups -OCH3 is 1. The number of amides is 1. The number of hydrogen-bond donors (Lipinski definition) is 1. The van der Waals surface area contributed by atoms with Gasteiger partial charge in [0.05, 0.1) is 6.61 Å². The summed E-state index contributed by atoms with van der Waals surface area (Å²) >= 11 is 0. The smallest absolute Gasteiger partial charge is 0.224 e. The SMILES string of the molecule is COCC1CCN(C(=O)CC(N)CC(C)(C)C)C1. The third kappa shape index (κ3) is 5.36. The number of ether oxygens (including phenoxy) is 1. The molecule has 2 unspecified atom stereocenters. The van der Waals surface area contributed by atoms with Crippen LogP contribution in [-0.2, 0) is 9.53 Å². The van der Waals surface area contributed by atoms with Gasteiger partial charge in [-0.05, 0) is 18.3 Å². The van der Waals surface area contributed by atoms with Crippen molar-refractivity contribution < 1.29 is 9.53 Å². The lowest BCUT2D eigenvalue weighted by Crippen LogP contribution is -2.36. The molecular weight excluding hydrogens is 228 g/mol. The summed E-state index contributed by atoms with van der Waals surface area (Å²) in [6, 6.07) is -0.0287. The zero-order chi connectivity index (χ0) is 13.8. The van der Waals surface area contributed by atoms with Crippen molar-refractivity contribution in [2.24, 2.45) is 17.1 Å². The van der Waals surface area contributed by atoms with Crippen molar-refractivity contribution in [1.82, 2.24) is 4.90 Å². The average molecular weight is 256 g/mol. The maximum atomic E-state index is 12.1. The molecule has 1 amide bonds. The second kappa shape index (κ2) is 6.53. The molecule has 0 spiro atoms. The Balaban J connectivity index is 2.33. The van der Waals surface area contributed by atoms with E-state index in [1.165, 1.54) is 0 Å². The quantitative estimate of drug-likeness (QED) is 0.813. The van der Waals surface area contributed by atoms with Crippen LogP contribution in [0.5, 0.6) is 0 Å². The van der Waals surface area contributed by atoms with E-state index in [0.717, 1.165) is 32.5 Å². The van der Waals surface area contributed by atoms with Gasteiger partial charge in [0.25, 0.3) is 0 Å². The van der Waals surface area contributed by atoms with E-state index >= 15 is 0 Å². The van der Waals surface area contributed by atoms with E-state index in [1.54, 1.807) is 7.11 Å². The molecule has 0 aromatic carbocycles. The summed E-state index contributed by atoms with van der Waals surface area (Å²) in [7, 11) is 1.71. The fourth-order valence-electron chi connectivity index (χ4n) is 2.64. The Kier molecular flexibility index (Phi) is 5.60. The molecule has 1 aliphatic heterocycles. The topological polar surface area (TPSA) is 55.6 Å². The fraction of sp³-hybridized carbons (Fsp3) is 0.929. The van der Waals surface area contributed by atoms with Crippen molar-refractivity contribution in [2.45, 2.75) is 46.1 Å². The van der Waals surface area contributed by atoms with E-state index in [0.29, 0.717) is 12.3 Å². The van der Waals surface area contributed by atoms with Crippen LogP contribution in [0, 0.1) is 11.3 Å². The molecule has 2 atom stereocenters. The zero-order valence-corrected chi connectivity index (χ0v) is 12.2. The van der Waals surface area contributed by atoms with E-state index < -0.39 is 0 Å². The Labute approximate surface area is 111 Å². The monoisotopic (exact) mass is 256 g/mol. The number of nitrogens with two attached hydrogens (primary N) is 1. The first-order chi connectivity index (χ1) is 8.31. The van der Waals surface area contributed by atoms with E-state index in [4.69, 9.17) is 10.5 Å². The van der Waals surface area contributed by atoms with Crippen LogP contribution in [0.1, 0.15) is 40.0 Å². The minimum atomic E-state index is -0.0287. The Hall–Kier alpha value is -0.610. The van der Waals surface area contributed by atoms with E-state index in [1.807, 2.05) is 4.90 Å². The number of nitrogens with zero attached hydrogens (tertiary/aromatic N) is 1. The molecule has 4 heteroatoms. The van der Waals surface area contributed by atoms with Crippen LogP contribution in [-0.4, -0.2) is 43.7 Å². The Morgan fingerprint density at radius 3 is 2.72 bits per heavy atom. The molecule has 1 saturated heterocycles. The molecule has 1 aliphatic rings. The molecule has 2 N–H and O–H groups in total. The molecular formula is C14H28N2O2. The van der Waals surface area contributed by atoms with Crippen molar-refractivity contribution in [1.29, 1.82) is 0 Å². The predicted molar refractivity (Wildman–Crippen MR) is 73.2 cm³/mol. The van der Waals surface area contributed by atoms with Gasteiger partial charge in [-0.1, -0.05) is 20.8 Å². The third-order valence-corrected chi connectivity index (χ3v) is 3.35. The van der Waals surface area contributed by atoms with Crippen LogP contribution in [0.15, 0.2) is 0 Å². The highest BCUT2D eigenvalue weighted by Gasteiger charge is 2.27. The lowest BCUT2D eigenvalue weighted by atomic mass is 9.87. The summed E-state index contributed by atoms with van der Waals surface area (Å²) in [5, 5.41) is 0. The van der Waals surface area contributed by atoms with Gasteiger partial charge in [-0.3, -0.25) is 4.79 Å². The second-order valence-electron chi connectivity index (χ2n) is 6.68. The number of likely N-dealkylation sites (tertiary alicyclic amines) is 1. The summed E-state index contributed by atoms with van der Waals surface area (Å²) in [5.74, 6) is 0.697. The minimum Gasteiger partial charge on any atom is -0.384 e. The first kappa shape index (κ1) is 15.4. The predicted octanol–water partition coefficient (Wildman–Crippen LogP) is 1.63. The first-order valence-electron chi connectivity index (χ1n) is 6.84. The highest BCUT2D eigenvalue weighted by molar-refractivity contribution is 5.77. The summed E-state index contributed by atoms with van der Waals surface area (Å²) in [6.07, 6.45) is 2.40. The average Bonchev–Trinajstić information content (AvgIpc) is 2.63. The molecule has 4 nitrogen and oxygen atoms in total. The third-order valence-electron chi connectivity index (χ3n) is 3.35. The van der Waals surface area contributed by atoms with Crippen LogP contribution in [0.3, 0.4) is 0 Å². The van der Waals surface area contributed by atoms with Gasteiger partial charge in [0.15, 0.2) is 0 Å². The molecule has 0 saturated carbocycles. The van der Waals surface area contributed by atoms with Crippen molar-refractivity contribution in [3.8, 4) is 0 Å². The van der Waals surface area contributed by atoms with Gasteiger partial charge < -0.3 is 15.4 Å². The molecule has 1 rings (SSSR count). The minimum absolute atomic E-state index is 0.0287. The summed E-state index contributed by atoms with van der Waals surface area (Å²) in [6.45, 7) is 8.90. The van der Waals surface area contributed by atoms with Gasteiger partial charge in [-0.15, -0.1) is 0 Å². The second-order valence-corrected chi connectivity index (χ2v) is 6.68. The molecule has 0 aromatic rings. The van der Waals surface area contributed by atoms with Crippen molar-refractivity contribution >= 4 is 5.91 Å². The van der Waals surface area contributed by atoms with Gasteiger partial charge in [0, 0.05) is 38.6 Å². The van der Waals surface area contributed by atoms with Gasteiger partial charge in [0.2, 0.25) is 5.91 Å². The highest BCUT2D eigenvalue weighted by Crippen LogP contribution is 2.22. The Morgan fingerprint density at radius 2 is 2.17 bits per heavy atom. The van der Waals surface area contributed by atoms with Crippen LogP contribution in [0.25, 0.3) is 0 Å². The maximum absolute atomic E-state index is 12.1. The largest absolute Gasteiger partial charge is 0.384 e. The summed E-state index contributed by atoms with van der Waals surface area (Å²) < 4.78 is 5.14. The van der Waals surface area contributed by atoms with E-state index in [-0.39, 0.29) is 17.4 Å². The van der Waals surface area contributed by atoms with Crippen LogP contribution >= 0.6 is 0 Å². The van der Waals surface area contributed by atoms with Gasteiger partial charge in [0.1, 0.15) is 0 Å². The zero-order valence-electron chi connectivity index (χ0n) is 12.2. The van der Waals surface area contributed by atoms with E-state index in [2.05, 4.69) is 20.8 Å². The van der Waals surface area contributed by atoms with Gasteiger partial charge >= 0.3 is 0 Å². The highest BCUT2D eigenvalue weighted by atomic mass is 16.5. The molecule has 1 fully saturated rings. The molecule has 0 bridgehead atoms. The first-order valence-corrected chi connectivity index (χ1v) is 6.84. The van der Waals surface area contributed by atoms with Crippen molar-refractivity contribution in [2.75, 3.05) is 26.8 Å². The number of carbonyl (C=O) groups excluding carboxylic acids is 1. The molecule has 0 radical (unpaired) electrons. The lowest BCUT2D eigenvalue weighted by molar-refractivity contribution is -0.130. The van der Waals surface area contributed by atoms with Gasteiger partial charge in [-0.2, -0.15) is 0 Å².